The zero-order chi connectivity index (χ0) is 18.7. The molecule has 0 bridgehead atoms. The summed E-state index contributed by atoms with van der Waals surface area (Å²) >= 11 is 9.56. The van der Waals surface area contributed by atoms with Gasteiger partial charge < -0.3 is 14.8 Å². The lowest BCUT2D eigenvalue weighted by atomic mass is 10.2. The number of hydrogen-bond donors (Lipinski definition) is 1. The number of benzene rings is 2. The molecule has 0 spiro atoms. The number of halogens is 2. The second kappa shape index (κ2) is 7.76. The number of carbonyl (C=O) groups is 1. The minimum atomic E-state index is -0.442. The zero-order valence-electron chi connectivity index (χ0n) is 13.9. The SMILES string of the molecule is COc1cc(OC)c(NC(=O)c2cn(-c3ccccc3Br)nn2)cc1Cl. The van der Waals surface area contributed by atoms with Crippen molar-refractivity contribution in [1.82, 2.24) is 15.0 Å². The molecule has 2 aromatic carbocycles. The average molecular weight is 438 g/mol. The minimum Gasteiger partial charge on any atom is -0.495 e. The Morgan fingerprint density at radius 2 is 1.92 bits per heavy atom. The van der Waals surface area contributed by atoms with Crippen molar-refractivity contribution in [2.75, 3.05) is 19.5 Å². The van der Waals surface area contributed by atoms with Gasteiger partial charge in [0.1, 0.15) is 11.5 Å². The molecule has 0 atom stereocenters. The fourth-order valence-corrected chi connectivity index (χ4v) is 2.97. The highest BCUT2D eigenvalue weighted by atomic mass is 79.9. The highest BCUT2D eigenvalue weighted by Crippen LogP contribution is 2.36. The van der Waals surface area contributed by atoms with Gasteiger partial charge in [-0.15, -0.1) is 5.10 Å². The van der Waals surface area contributed by atoms with Gasteiger partial charge >= 0.3 is 0 Å². The third-order valence-electron chi connectivity index (χ3n) is 3.55. The van der Waals surface area contributed by atoms with Crippen molar-refractivity contribution in [3.63, 3.8) is 0 Å². The highest BCUT2D eigenvalue weighted by molar-refractivity contribution is 9.10. The van der Waals surface area contributed by atoms with Crippen LogP contribution in [0.25, 0.3) is 5.69 Å². The molecule has 134 valence electrons. The van der Waals surface area contributed by atoms with Gasteiger partial charge in [-0.1, -0.05) is 28.9 Å². The van der Waals surface area contributed by atoms with Gasteiger partial charge in [-0.25, -0.2) is 4.68 Å². The molecule has 26 heavy (non-hydrogen) atoms. The maximum absolute atomic E-state index is 12.5. The molecule has 3 aromatic rings. The molecule has 9 heteroatoms. The van der Waals surface area contributed by atoms with Gasteiger partial charge in [0.2, 0.25) is 0 Å². The van der Waals surface area contributed by atoms with Crippen molar-refractivity contribution in [3.05, 3.63) is 57.8 Å². The van der Waals surface area contributed by atoms with Crippen LogP contribution in [0.5, 0.6) is 11.5 Å². The zero-order valence-corrected chi connectivity index (χ0v) is 16.2. The van der Waals surface area contributed by atoms with Gasteiger partial charge in [0.05, 0.1) is 36.8 Å². The van der Waals surface area contributed by atoms with Gasteiger partial charge in [-0.2, -0.15) is 0 Å². The Labute approximate surface area is 163 Å². The molecule has 3 rings (SSSR count). The van der Waals surface area contributed by atoms with Crippen LogP contribution in [0.15, 0.2) is 47.1 Å². The summed E-state index contributed by atoms with van der Waals surface area (Å²) in [5, 5.41) is 11.0. The Bertz CT molecular complexity index is 961. The van der Waals surface area contributed by atoms with E-state index in [2.05, 4.69) is 31.6 Å². The minimum absolute atomic E-state index is 0.148. The van der Waals surface area contributed by atoms with Gasteiger partial charge in [0.15, 0.2) is 5.69 Å². The number of anilines is 1. The van der Waals surface area contributed by atoms with Crippen LogP contribution in [0.1, 0.15) is 10.5 Å². The predicted octanol–water partition coefficient (Wildman–Crippen LogP) is 3.95. The molecule has 1 N–H and O–H groups in total. The van der Waals surface area contributed by atoms with Gasteiger partial charge in [0, 0.05) is 10.5 Å². The van der Waals surface area contributed by atoms with Crippen molar-refractivity contribution in [2.45, 2.75) is 0 Å². The van der Waals surface area contributed by atoms with E-state index in [0.717, 1.165) is 10.2 Å². The van der Waals surface area contributed by atoms with E-state index in [1.807, 2.05) is 24.3 Å². The van der Waals surface area contributed by atoms with Gasteiger partial charge in [-0.3, -0.25) is 4.79 Å². The summed E-state index contributed by atoms with van der Waals surface area (Å²) in [5.74, 6) is 0.419. The number of nitrogens with zero attached hydrogens (tertiary/aromatic N) is 3. The standard InChI is InChI=1S/C17H14BrClN4O3/c1-25-15-8-16(26-2)12(7-11(15)19)20-17(24)13-9-23(22-21-13)14-6-4-3-5-10(14)18/h3-9H,1-2H3,(H,20,24). The Hall–Kier alpha value is -2.58. The van der Waals surface area contributed by atoms with E-state index in [9.17, 15) is 4.79 Å². The van der Waals surface area contributed by atoms with Crippen molar-refractivity contribution >= 4 is 39.1 Å². The lowest BCUT2D eigenvalue weighted by molar-refractivity contribution is 0.102. The first-order valence-electron chi connectivity index (χ1n) is 7.43. The molecule has 0 aliphatic heterocycles. The van der Waals surface area contributed by atoms with Crippen LogP contribution in [0, 0.1) is 0 Å². The van der Waals surface area contributed by atoms with Crippen LogP contribution in [-0.4, -0.2) is 35.1 Å². The van der Waals surface area contributed by atoms with Crippen LogP contribution in [0.4, 0.5) is 5.69 Å². The molecular formula is C17H14BrClN4O3. The summed E-state index contributed by atoms with van der Waals surface area (Å²) in [6, 6.07) is 10.6. The van der Waals surface area contributed by atoms with E-state index in [4.69, 9.17) is 21.1 Å². The Balaban J connectivity index is 1.86. The number of ether oxygens (including phenoxy) is 2. The van der Waals surface area contributed by atoms with E-state index in [1.54, 1.807) is 12.1 Å². The molecule has 1 heterocycles. The molecule has 1 aromatic heterocycles. The van der Waals surface area contributed by atoms with Crippen LogP contribution >= 0.6 is 27.5 Å². The Kier molecular flexibility index (Phi) is 5.43. The molecule has 0 aliphatic rings. The predicted molar refractivity (Wildman–Crippen MR) is 102 cm³/mol. The normalized spacial score (nSPS) is 10.5. The topological polar surface area (TPSA) is 78.3 Å². The summed E-state index contributed by atoms with van der Waals surface area (Å²) < 4.78 is 12.8. The molecule has 0 aliphatic carbocycles. The fourth-order valence-electron chi connectivity index (χ4n) is 2.27. The van der Waals surface area contributed by atoms with Crippen molar-refractivity contribution in [1.29, 1.82) is 0 Å². The molecule has 0 fully saturated rings. The third kappa shape index (κ3) is 3.66. The molecule has 0 radical (unpaired) electrons. The first kappa shape index (κ1) is 18.2. The third-order valence-corrected chi connectivity index (χ3v) is 4.51. The summed E-state index contributed by atoms with van der Waals surface area (Å²) in [5.41, 5.74) is 1.32. The van der Waals surface area contributed by atoms with E-state index in [-0.39, 0.29) is 5.69 Å². The Morgan fingerprint density at radius 1 is 1.19 bits per heavy atom. The second-order valence-corrected chi connectivity index (χ2v) is 6.40. The summed E-state index contributed by atoms with van der Waals surface area (Å²) in [6.07, 6.45) is 1.53. The van der Waals surface area contributed by atoms with E-state index in [1.165, 1.54) is 25.1 Å². The van der Waals surface area contributed by atoms with E-state index < -0.39 is 5.91 Å². The molecule has 0 saturated carbocycles. The highest BCUT2D eigenvalue weighted by Gasteiger charge is 2.17. The Morgan fingerprint density at radius 3 is 2.62 bits per heavy atom. The summed E-state index contributed by atoms with van der Waals surface area (Å²) in [7, 11) is 2.99. The fraction of sp³-hybridized carbons (Fsp3) is 0.118. The quantitative estimate of drug-likeness (QED) is 0.654. The van der Waals surface area contributed by atoms with Crippen LogP contribution in [0.3, 0.4) is 0 Å². The smallest absolute Gasteiger partial charge is 0.277 e. The van der Waals surface area contributed by atoms with Crippen LogP contribution in [-0.2, 0) is 0 Å². The second-order valence-electron chi connectivity index (χ2n) is 5.14. The van der Waals surface area contributed by atoms with Gasteiger partial charge in [-0.05, 0) is 34.1 Å². The van der Waals surface area contributed by atoms with Gasteiger partial charge in [0.25, 0.3) is 5.91 Å². The van der Waals surface area contributed by atoms with Crippen molar-refractivity contribution in [2.24, 2.45) is 0 Å². The first-order chi connectivity index (χ1) is 12.5. The monoisotopic (exact) mass is 436 g/mol. The number of hydrogen-bond acceptors (Lipinski definition) is 5. The van der Waals surface area contributed by atoms with E-state index >= 15 is 0 Å². The molecule has 0 unspecified atom stereocenters. The number of nitrogens with one attached hydrogen (secondary N) is 1. The van der Waals surface area contributed by atoms with Crippen molar-refractivity contribution < 1.29 is 14.3 Å². The number of para-hydroxylation sites is 1. The molecule has 1 amide bonds. The molecule has 0 saturated heterocycles. The maximum atomic E-state index is 12.5. The van der Waals surface area contributed by atoms with Crippen LogP contribution in [0.2, 0.25) is 5.02 Å². The largest absolute Gasteiger partial charge is 0.495 e. The number of rotatable bonds is 5. The summed E-state index contributed by atoms with van der Waals surface area (Å²) in [6.45, 7) is 0. The number of methoxy groups -OCH3 is 2. The van der Waals surface area contributed by atoms with Crippen LogP contribution < -0.4 is 14.8 Å². The van der Waals surface area contributed by atoms with E-state index in [0.29, 0.717) is 22.2 Å². The lowest BCUT2D eigenvalue weighted by Crippen LogP contribution is -2.13. The molecule has 7 nitrogen and oxygen atoms in total. The number of aromatic nitrogens is 3. The molecular weight excluding hydrogens is 424 g/mol. The lowest BCUT2D eigenvalue weighted by Gasteiger charge is -2.12. The average Bonchev–Trinajstić information content (AvgIpc) is 3.12. The first-order valence-corrected chi connectivity index (χ1v) is 8.60. The summed E-state index contributed by atoms with van der Waals surface area (Å²) in [4.78, 5) is 12.5. The number of amides is 1. The van der Waals surface area contributed by atoms with Crippen molar-refractivity contribution in [3.8, 4) is 17.2 Å². The maximum Gasteiger partial charge on any atom is 0.277 e. The number of carbonyl (C=O) groups excluding carboxylic acids is 1.